The molecule has 0 aliphatic rings. The first kappa shape index (κ1) is 19.4. The summed E-state index contributed by atoms with van der Waals surface area (Å²) in [6, 6.07) is 6.03. The standard InChI is InChI=1S/C14H12F3N3O5S/c1-24-10-7-11(25-2)19-13(18-10)12(21)8-5-3-4-6-9(8)20-26(22,23)14(15,16)17/h3-7,20H,1-2H3. The van der Waals surface area contributed by atoms with Crippen molar-refractivity contribution >= 4 is 21.5 Å². The van der Waals surface area contributed by atoms with Crippen LogP contribution >= 0.6 is 0 Å². The summed E-state index contributed by atoms with van der Waals surface area (Å²) in [6.45, 7) is 0. The smallest absolute Gasteiger partial charge is 0.481 e. The van der Waals surface area contributed by atoms with Crippen LogP contribution in [0.1, 0.15) is 16.2 Å². The second-order valence-electron chi connectivity index (χ2n) is 4.70. The fourth-order valence-electron chi connectivity index (χ4n) is 1.81. The van der Waals surface area contributed by atoms with Crippen molar-refractivity contribution in [2.45, 2.75) is 5.51 Å². The number of alkyl halides is 3. The number of hydrogen-bond acceptors (Lipinski definition) is 7. The third kappa shape index (κ3) is 4.02. The average molecular weight is 391 g/mol. The highest BCUT2D eigenvalue weighted by Crippen LogP contribution is 2.28. The van der Waals surface area contributed by atoms with E-state index in [1.165, 1.54) is 37.1 Å². The Kier molecular flexibility index (Phi) is 5.35. The van der Waals surface area contributed by atoms with Crippen LogP contribution in [-0.2, 0) is 10.0 Å². The molecule has 0 saturated carbocycles. The fraction of sp³-hybridized carbons (Fsp3) is 0.214. The molecule has 0 fully saturated rings. The molecular weight excluding hydrogens is 379 g/mol. The van der Waals surface area contributed by atoms with E-state index < -0.39 is 32.8 Å². The largest absolute Gasteiger partial charge is 0.516 e. The first-order valence-corrected chi connectivity index (χ1v) is 8.27. The van der Waals surface area contributed by atoms with Gasteiger partial charge in [-0.15, -0.1) is 0 Å². The van der Waals surface area contributed by atoms with Crippen molar-refractivity contribution in [1.29, 1.82) is 0 Å². The molecule has 140 valence electrons. The summed E-state index contributed by atoms with van der Waals surface area (Å²) in [5.74, 6) is -1.41. The molecule has 1 heterocycles. The van der Waals surface area contributed by atoms with Crippen molar-refractivity contribution in [2.75, 3.05) is 18.9 Å². The summed E-state index contributed by atoms with van der Waals surface area (Å²) in [5, 5.41) is 0. The van der Waals surface area contributed by atoms with Gasteiger partial charge in [-0.05, 0) is 12.1 Å². The number of halogens is 3. The normalized spacial score (nSPS) is 11.7. The van der Waals surface area contributed by atoms with Crippen molar-refractivity contribution < 1.29 is 35.9 Å². The van der Waals surface area contributed by atoms with Crippen molar-refractivity contribution in [3.63, 3.8) is 0 Å². The van der Waals surface area contributed by atoms with E-state index in [0.29, 0.717) is 0 Å². The Morgan fingerprint density at radius 3 is 2.12 bits per heavy atom. The zero-order valence-electron chi connectivity index (χ0n) is 13.4. The Morgan fingerprint density at radius 1 is 1.08 bits per heavy atom. The maximum Gasteiger partial charge on any atom is 0.516 e. The maximum absolute atomic E-state index is 12.6. The van der Waals surface area contributed by atoms with Gasteiger partial charge in [-0.2, -0.15) is 31.6 Å². The van der Waals surface area contributed by atoms with Crippen LogP contribution < -0.4 is 14.2 Å². The van der Waals surface area contributed by atoms with Crippen LogP contribution in [0.2, 0.25) is 0 Å². The van der Waals surface area contributed by atoms with Gasteiger partial charge in [0, 0.05) is 0 Å². The van der Waals surface area contributed by atoms with Gasteiger partial charge in [-0.1, -0.05) is 12.1 Å². The molecule has 0 saturated heterocycles. The van der Waals surface area contributed by atoms with E-state index in [4.69, 9.17) is 9.47 Å². The van der Waals surface area contributed by atoms with Crippen LogP contribution in [0, 0.1) is 0 Å². The first-order chi connectivity index (χ1) is 12.1. The number of carbonyl (C=O) groups excluding carboxylic acids is 1. The minimum atomic E-state index is -5.71. The molecule has 2 rings (SSSR count). The van der Waals surface area contributed by atoms with Gasteiger partial charge in [-0.3, -0.25) is 9.52 Å². The molecule has 0 amide bonds. The average Bonchev–Trinajstić information content (AvgIpc) is 2.59. The van der Waals surface area contributed by atoms with Crippen LogP contribution in [0.5, 0.6) is 11.8 Å². The lowest BCUT2D eigenvalue weighted by Crippen LogP contribution is -2.30. The molecule has 26 heavy (non-hydrogen) atoms. The first-order valence-electron chi connectivity index (χ1n) is 6.79. The van der Waals surface area contributed by atoms with Gasteiger partial charge < -0.3 is 9.47 Å². The molecule has 12 heteroatoms. The lowest BCUT2D eigenvalue weighted by molar-refractivity contribution is -0.0429. The molecular formula is C14H12F3N3O5S. The van der Waals surface area contributed by atoms with Crippen molar-refractivity contribution in [3.05, 3.63) is 41.7 Å². The number of hydrogen-bond donors (Lipinski definition) is 1. The number of anilines is 1. The van der Waals surface area contributed by atoms with Gasteiger partial charge in [-0.25, -0.2) is 0 Å². The van der Waals surface area contributed by atoms with Crippen molar-refractivity contribution in [3.8, 4) is 11.8 Å². The Labute approximate surface area is 146 Å². The van der Waals surface area contributed by atoms with Crippen LogP contribution in [0.4, 0.5) is 18.9 Å². The molecule has 1 aromatic carbocycles. The van der Waals surface area contributed by atoms with Gasteiger partial charge in [0.1, 0.15) is 0 Å². The Morgan fingerprint density at radius 2 is 1.62 bits per heavy atom. The van der Waals surface area contributed by atoms with E-state index in [1.54, 1.807) is 0 Å². The molecule has 1 aromatic heterocycles. The molecule has 8 nitrogen and oxygen atoms in total. The number of nitrogens with zero attached hydrogens (tertiary/aromatic N) is 2. The molecule has 0 radical (unpaired) electrons. The van der Waals surface area contributed by atoms with Crippen molar-refractivity contribution in [2.24, 2.45) is 0 Å². The summed E-state index contributed by atoms with van der Waals surface area (Å²) >= 11 is 0. The quantitative estimate of drug-likeness (QED) is 0.751. The van der Waals surface area contributed by atoms with E-state index in [-0.39, 0.29) is 17.3 Å². The maximum atomic E-state index is 12.6. The zero-order chi connectivity index (χ0) is 19.5. The van der Waals surface area contributed by atoms with E-state index in [0.717, 1.165) is 12.1 Å². The highest BCUT2D eigenvalue weighted by atomic mass is 32.2. The number of rotatable bonds is 6. The van der Waals surface area contributed by atoms with E-state index in [1.807, 2.05) is 0 Å². The summed E-state index contributed by atoms with van der Waals surface area (Å²) < 4.78 is 71.5. The number of ketones is 1. The lowest BCUT2D eigenvalue weighted by atomic mass is 10.1. The third-order valence-electron chi connectivity index (χ3n) is 3.02. The number of ether oxygens (including phenoxy) is 2. The number of carbonyl (C=O) groups is 1. The fourth-order valence-corrected chi connectivity index (χ4v) is 2.39. The summed E-state index contributed by atoms with van der Waals surface area (Å²) in [6.07, 6.45) is 0. The summed E-state index contributed by atoms with van der Waals surface area (Å²) in [4.78, 5) is 20.2. The van der Waals surface area contributed by atoms with Crippen LogP contribution in [0.15, 0.2) is 30.3 Å². The second-order valence-corrected chi connectivity index (χ2v) is 6.38. The molecule has 0 atom stereocenters. The molecule has 0 bridgehead atoms. The van der Waals surface area contributed by atoms with Crippen LogP contribution in [-0.4, -0.2) is 43.9 Å². The van der Waals surface area contributed by atoms with Gasteiger partial charge >= 0.3 is 15.5 Å². The van der Waals surface area contributed by atoms with Crippen LogP contribution in [0.25, 0.3) is 0 Å². The van der Waals surface area contributed by atoms with Crippen molar-refractivity contribution in [1.82, 2.24) is 9.97 Å². The minimum absolute atomic E-state index is 0.0199. The molecule has 0 aliphatic carbocycles. The Hall–Kier alpha value is -2.89. The number of sulfonamides is 1. The van der Waals surface area contributed by atoms with Gasteiger partial charge in [0.15, 0.2) is 0 Å². The monoisotopic (exact) mass is 391 g/mol. The number of methoxy groups -OCH3 is 2. The van der Waals surface area contributed by atoms with Gasteiger partial charge in [0.25, 0.3) is 0 Å². The second kappa shape index (κ2) is 7.15. The van der Waals surface area contributed by atoms with Crippen LogP contribution in [0.3, 0.4) is 0 Å². The van der Waals surface area contributed by atoms with E-state index in [9.17, 15) is 26.4 Å². The predicted octanol–water partition coefficient (Wildman–Crippen LogP) is 1.99. The highest BCUT2D eigenvalue weighted by Gasteiger charge is 2.46. The SMILES string of the molecule is COc1cc(OC)nc(C(=O)c2ccccc2NS(=O)(=O)C(F)(F)F)n1. The van der Waals surface area contributed by atoms with E-state index >= 15 is 0 Å². The van der Waals surface area contributed by atoms with Gasteiger partial charge in [0.2, 0.25) is 23.4 Å². The number of nitrogens with one attached hydrogen (secondary N) is 1. The Bertz CT molecular complexity index is 909. The predicted molar refractivity (Wildman–Crippen MR) is 83.6 cm³/mol. The minimum Gasteiger partial charge on any atom is -0.481 e. The summed E-state index contributed by atoms with van der Waals surface area (Å²) in [7, 11) is -3.15. The molecule has 0 spiro atoms. The molecule has 0 unspecified atom stereocenters. The molecule has 1 N–H and O–H groups in total. The number of benzene rings is 1. The number of para-hydroxylation sites is 1. The van der Waals surface area contributed by atoms with Gasteiger partial charge in [0.05, 0.1) is 31.5 Å². The zero-order valence-corrected chi connectivity index (χ0v) is 14.2. The lowest BCUT2D eigenvalue weighted by Gasteiger charge is -2.13. The Balaban J connectivity index is 2.49. The summed E-state index contributed by atoms with van der Waals surface area (Å²) in [5.41, 5.74) is -6.49. The molecule has 0 aliphatic heterocycles. The number of aromatic nitrogens is 2. The molecule has 2 aromatic rings. The highest BCUT2D eigenvalue weighted by molar-refractivity contribution is 7.93. The topological polar surface area (TPSA) is 107 Å². The third-order valence-corrected chi connectivity index (χ3v) is 4.12. The van der Waals surface area contributed by atoms with E-state index in [2.05, 4.69) is 9.97 Å².